The maximum absolute atomic E-state index is 13.4. The minimum absolute atomic E-state index is 0.0515. The number of carbonyl (C=O) groups is 2. The van der Waals surface area contributed by atoms with Gasteiger partial charge in [0.15, 0.2) is 0 Å². The molecule has 0 radical (unpaired) electrons. The number of amides is 2. The highest BCUT2D eigenvalue weighted by molar-refractivity contribution is 6.35. The monoisotopic (exact) mass is 473 g/mol. The topological polar surface area (TPSA) is 52.7 Å². The largest absolute Gasteiger partial charge is 0.342 e. The summed E-state index contributed by atoms with van der Waals surface area (Å²) in [7, 11) is 0. The fourth-order valence-corrected chi connectivity index (χ4v) is 5.30. The lowest BCUT2D eigenvalue weighted by atomic mass is 9.92. The summed E-state index contributed by atoms with van der Waals surface area (Å²) in [5.41, 5.74) is 1.50. The smallest absolute Gasteiger partial charge is 0.246 e. The minimum atomic E-state index is -0.444. The number of benzene rings is 2. The normalized spacial score (nSPS) is 18.9. The summed E-state index contributed by atoms with van der Waals surface area (Å²) in [6, 6.07) is 14.3. The van der Waals surface area contributed by atoms with Crippen molar-refractivity contribution in [2.45, 2.75) is 38.1 Å². The fourth-order valence-electron chi connectivity index (χ4n) is 4.78. The number of piperidine rings is 2. The molecule has 1 unspecified atom stereocenters. The molecule has 1 N–H and O–H groups in total. The predicted molar refractivity (Wildman–Crippen MR) is 129 cm³/mol. The van der Waals surface area contributed by atoms with Crippen LogP contribution in [0.25, 0.3) is 0 Å². The first-order chi connectivity index (χ1) is 15.5. The molecule has 32 heavy (non-hydrogen) atoms. The van der Waals surface area contributed by atoms with E-state index in [1.54, 1.807) is 18.2 Å². The van der Waals surface area contributed by atoms with Crippen LogP contribution in [-0.4, -0.2) is 47.8 Å². The number of halogens is 2. The third kappa shape index (κ3) is 5.64. The third-order valence-corrected chi connectivity index (χ3v) is 6.84. The Morgan fingerprint density at radius 1 is 0.875 bits per heavy atom. The summed E-state index contributed by atoms with van der Waals surface area (Å²) in [5, 5.41) is 3.93. The van der Waals surface area contributed by atoms with Crippen molar-refractivity contribution in [1.82, 2.24) is 9.80 Å². The zero-order valence-electron chi connectivity index (χ0n) is 18.1. The Bertz CT molecular complexity index is 919. The molecule has 2 aromatic carbocycles. The fraction of sp³-hybridized carbons (Fsp3) is 0.440. The van der Waals surface area contributed by atoms with Gasteiger partial charge in [-0.05, 0) is 69.0 Å². The highest BCUT2D eigenvalue weighted by atomic mass is 35.5. The Hall–Kier alpha value is -2.08. The molecular weight excluding hydrogens is 445 g/mol. The minimum Gasteiger partial charge on any atom is -0.342 e. The average Bonchev–Trinajstić information content (AvgIpc) is 2.80. The van der Waals surface area contributed by atoms with E-state index in [-0.39, 0.29) is 11.8 Å². The molecule has 2 amide bonds. The number of hydrogen-bond donors (Lipinski definition) is 1. The number of anilines is 1. The first kappa shape index (κ1) is 23.1. The van der Waals surface area contributed by atoms with Crippen LogP contribution in [-0.2, 0) is 9.59 Å². The molecule has 2 aromatic rings. The quantitative estimate of drug-likeness (QED) is 0.632. The Balaban J connectivity index is 1.46. The molecule has 2 saturated heterocycles. The zero-order chi connectivity index (χ0) is 22.5. The van der Waals surface area contributed by atoms with Gasteiger partial charge in [0.25, 0.3) is 0 Å². The average molecular weight is 474 g/mol. The van der Waals surface area contributed by atoms with Gasteiger partial charge in [0.1, 0.15) is 6.04 Å². The zero-order valence-corrected chi connectivity index (χ0v) is 19.6. The molecule has 7 heteroatoms. The van der Waals surface area contributed by atoms with Crippen LogP contribution in [0, 0.1) is 5.92 Å². The van der Waals surface area contributed by atoms with Crippen molar-refractivity contribution in [3.63, 3.8) is 0 Å². The van der Waals surface area contributed by atoms with E-state index in [9.17, 15) is 9.59 Å². The Morgan fingerprint density at radius 2 is 1.50 bits per heavy atom. The van der Waals surface area contributed by atoms with Gasteiger partial charge in [0.2, 0.25) is 11.8 Å². The maximum atomic E-state index is 13.4. The van der Waals surface area contributed by atoms with E-state index in [2.05, 4.69) is 10.2 Å². The number of hydrogen-bond acceptors (Lipinski definition) is 3. The highest BCUT2D eigenvalue weighted by Crippen LogP contribution is 2.30. The van der Waals surface area contributed by atoms with Gasteiger partial charge in [0, 0.05) is 34.7 Å². The van der Waals surface area contributed by atoms with E-state index in [0.717, 1.165) is 44.3 Å². The Labute approximate surface area is 199 Å². The summed E-state index contributed by atoms with van der Waals surface area (Å²) in [6.45, 7) is 3.17. The van der Waals surface area contributed by atoms with Crippen LogP contribution in [0.4, 0.5) is 5.69 Å². The van der Waals surface area contributed by atoms with Gasteiger partial charge >= 0.3 is 0 Å². The van der Waals surface area contributed by atoms with E-state index in [1.807, 2.05) is 35.2 Å². The second-order valence-corrected chi connectivity index (χ2v) is 9.53. The summed E-state index contributed by atoms with van der Waals surface area (Å²) < 4.78 is 0. The van der Waals surface area contributed by atoms with Crippen LogP contribution in [0.3, 0.4) is 0 Å². The molecule has 0 aliphatic carbocycles. The molecule has 0 bridgehead atoms. The van der Waals surface area contributed by atoms with E-state index in [4.69, 9.17) is 23.2 Å². The van der Waals surface area contributed by atoms with E-state index >= 15 is 0 Å². The van der Waals surface area contributed by atoms with Crippen molar-refractivity contribution in [1.29, 1.82) is 0 Å². The maximum Gasteiger partial charge on any atom is 0.246 e. The van der Waals surface area contributed by atoms with Gasteiger partial charge in [-0.1, -0.05) is 53.5 Å². The van der Waals surface area contributed by atoms with Crippen molar-refractivity contribution < 1.29 is 9.59 Å². The molecule has 2 aliphatic heterocycles. The number of carbonyl (C=O) groups excluding carboxylic acids is 2. The van der Waals surface area contributed by atoms with Crippen LogP contribution in [0.5, 0.6) is 0 Å². The highest BCUT2D eigenvalue weighted by Gasteiger charge is 2.34. The Kier molecular flexibility index (Phi) is 7.71. The van der Waals surface area contributed by atoms with Crippen molar-refractivity contribution in [3.05, 3.63) is 64.1 Å². The van der Waals surface area contributed by atoms with Crippen LogP contribution in [0.2, 0.25) is 10.0 Å². The molecule has 5 nitrogen and oxygen atoms in total. The molecule has 2 fully saturated rings. The van der Waals surface area contributed by atoms with Gasteiger partial charge in [-0.3, -0.25) is 14.5 Å². The molecule has 170 valence electrons. The van der Waals surface area contributed by atoms with Crippen LogP contribution in [0.15, 0.2) is 48.5 Å². The van der Waals surface area contributed by atoms with Gasteiger partial charge in [0.05, 0.1) is 0 Å². The molecule has 1 atom stereocenters. The summed E-state index contributed by atoms with van der Waals surface area (Å²) in [4.78, 5) is 30.5. The van der Waals surface area contributed by atoms with E-state index in [1.165, 1.54) is 6.42 Å². The summed E-state index contributed by atoms with van der Waals surface area (Å²) >= 11 is 12.2. The number of nitrogens with one attached hydrogen (secondary N) is 1. The van der Waals surface area contributed by atoms with Crippen LogP contribution in [0.1, 0.15) is 43.7 Å². The van der Waals surface area contributed by atoms with Gasteiger partial charge in [-0.15, -0.1) is 0 Å². The molecule has 0 saturated carbocycles. The molecule has 4 rings (SSSR count). The number of likely N-dealkylation sites (tertiary alicyclic amines) is 2. The molecular formula is C25H29Cl2N3O2. The molecule has 2 heterocycles. The predicted octanol–water partition coefficient (Wildman–Crippen LogP) is 5.40. The van der Waals surface area contributed by atoms with Crippen molar-refractivity contribution in [3.8, 4) is 0 Å². The summed E-state index contributed by atoms with van der Waals surface area (Å²) in [5.74, 6) is 0.213. The van der Waals surface area contributed by atoms with Gasteiger partial charge < -0.3 is 10.2 Å². The van der Waals surface area contributed by atoms with E-state index in [0.29, 0.717) is 34.7 Å². The standard InChI is InChI=1S/C25H29Cl2N3O2/c26-20-15-21(27)17-22(16-20)28-24(31)23(18-7-3-1-4-8-18)29-13-9-19(10-14-29)25(32)30-11-5-2-6-12-30/h1,3-4,7-8,15-17,19,23H,2,5-6,9-14H2,(H,28,31). The first-order valence-corrected chi connectivity index (χ1v) is 12.1. The van der Waals surface area contributed by atoms with Crippen LogP contribution < -0.4 is 5.32 Å². The number of nitrogens with zero attached hydrogens (tertiary/aromatic N) is 2. The number of rotatable bonds is 5. The third-order valence-electron chi connectivity index (χ3n) is 6.41. The van der Waals surface area contributed by atoms with E-state index < -0.39 is 6.04 Å². The first-order valence-electron chi connectivity index (χ1n) is 11.4. The lowest BCUT2D eigenvalue weighted by Crippen LogP contribution is -2.47. The SMILES string of the molecule is O=C(Nc1cc(Cl)cc(Cl)c1)C(c1ccccc1)N1CCC(C(=O)N2CCCCC2)CC1. The van der Waals surface area contributed by atoms with Crippen molar-refractivity contribution >= 4 is 40.7 Å². The Morgan fingerprint density at radius 3 is 2.12 bits per heavy atom. The second kappa shape index (κ2) is 10.7. The van der Waals surface area contributed by atoms with Gasteiger partial charge in [-0.2, -0.15) is 0 Å². The van der Waals surface area contributed by atoms with Crippen molar-refractivity contribution in [2.24, 2.45) is 5.92 Å². The van der Waals surface area contributed by atoms with Crippen molar-refractivity contribution in [2.75, 3.05) is 31.5 Å². The lowest BCUT2D eigenvalue weighted by molar-refractivity contribution is -0.138. The summed E-state index contributed by atoms with van der Waals surface area (Å²) in [6.07, 6.45) is 4.97. The molecule has 0 aromatic heterocycles. The second-order valence-electron chi connectivity index (χ2n) is 8.66. The van der Waals surface area contributed by atoms with Gasteiger partial charge in [-0.25, -0.2) is 0 Å². The molecule has 0 spiro atoms. The van der Waals surface area contributed by atoms with Crippen LogP contribution >= 0.6 is 23.2 Å². The molecule has 2 aliphatic rings. The lowest BCUT2D eigenvalue weighted by Gasteiger charge is -2.38.